The van der Waals surface area contributed by atoms with Crippen LogP contribution >= 0.6 is 21.6 Å². The first kappa shape index (κ1) is 19.1. The number of aliphatic carboxylic acids is 3. The molecule has 20 heavy (non-hydrogen) atoms. The first-order valence-electron chi connectivity index (χ1n) is 6.35. The zero-order valence-electron chi connectivity index (χ0n) is 11.1. The average molecular weight is 324 g/mol. The van der Waals surface area contributed by atoms with Crippen molar-refractivity contribution >= 4 is 39.5 Å². The third-order valence-electron chi connectivity index (χ3n) is 2.45. The summed E-state index contributed by atoms with van der Waals surface area (Å²) in [5.41, 5.74) is 0. The van der Waals surface area contributed by atoms with Crippen molar-refractivity contribution in [1.29, 1.82) is 0 Å². The van der Waals surface area contributed by atoms with Gasteiger partial charge < -0.3 is 15.3 Å². The molecule has 1 saturated heterocycles. The summed E-state index contributed by atoms with van der Waals surface area (Å²) < 4.78 is 0. The van der Waals surface area contributed by atoms with Crippen molar-refractivity contribution in [3.05, 3.63) is 0 Å². The van der Waals surface area contributed by atoms with Gasteiger partial charge in [0.15, 0.2) is 0 Å². The van der Waals surface area contributed by atoms with Gasteiger partial charge in [-0.25, -0.2) is 0 Å². The standard InChI is InChI=1S/C8H14O2S2.C4H6O4/c9-8(10)4-2-1-3-7-5-6-11-12-7;5-3(6)1-2-4(7)8/h7H,1-6H2,(H,9,10);1-2H2,(H,5,6)(H,7,8)/t7-;/m1./s1. The van der Waals surface area contributed by atoms with Crippen LogP contribution in [-0.4, -0.2) is 44.2 Å². The summed E-state index contributed by atoms with van der Waals surface area (Å²) in [6.45, 7) is 0. The Balaban J connectivity index is 0.000000396. The summed E-state index contributed by atoms with van der Waals surface area (Å²) in [6, 6.07) is 0. The largest absolute Gasteiger partial charge is 0.481 e. The number of carboxylic acid groups (broad SMARTS) is 3. The summed E-state index contributed by atoms with van der Waals surface area (Å²) in [6.07, 6.45) is 4.17. The molecule has 1 atom stereocenters. The SMILES string of the molecule is O=C(O)CCC(=O)O.O=C(O)CCCC[C@@H]1CCSS1. The zero-order chi connectivity index (χ0) is 15.4. The van der Waals surface area contributed by atoms with Crippen molar-refractivity contribution in [3.8, 4) is 0 Å². The monoisotopic (exact) mass is 324 g/mol. The molecule has 8 heteroatoms. The van der Waals surface area contributed by atoms with Gasteiger partial charge in [0.2, 0.25) is 0 Å². The number of rotatable bonds is 8. The zero-order valence-corrected chi connectivity index (χ0v) is 12.8. The van der Waals surface area contributed by atoms with Crippen LogP contribution in [0.5, 0.6) is 0 Å². The van der Waals surface area contributed by atoms with Crippen molar-refractivity contribution in [2.75, 3.05) is 5.75 Å². The highest BCUT2D eigenvalue weighted by molar-refractivity contribution is 8.77. The molecule has 6 nitrogen and oxygen atoms in total. The highest BCUT2D eigenvalue weighted by Gasteiger charge is 2.15. The Kier molecular flexibility index (Phi) is 11.4. The molecule has 3 N–H and O–H groups in total. The minimum Gasteiger partial charge on any atom is -0.481 e. The predicted molar refractivity (Wildman–Crippen MR) is 79.1 cm³/mol. The van der Waals surface area contributed by atoms with Gasteiger partial charge in [0.1, 0.15) is 0 Å². The Morgan fingerprint density at radius 3 is 1.85 bits per heavy atom. The molecule has 116 valence electrons. The molecule has 0 bridgehead atoms. The van der Waals surface area contributed by atoms with Crippen molar-refractivity contribution in [2.24, 2.45) is 0 Å². The molecule has 0 aromatic carbocycles. The molecule has 0 saturated carbocycles. The van der Waals surface area contributed by atoms with Gasteiger partial charge in [-0.05, 0) is 19.3 Å². The molecule has 0 unspecified atom stereocenters. The lowest BCUT2D eigenvalue weighted by molar-refractivity contribution is -0.143. The van der Waals surface area contributed by atoms with E-state index in [1.807, 2.05) is 21.6 Å². The summed E-state index contributed by atoms with van der Waals surface area (Å²) >= 11 is 0. The molecule has 0 aliphatic carbocycles. The fraction of sp³-hybridized carbons (Fsp3) is 0.750. The minimum atomic E-state index is -1.08. The van der Waals surface area contributed by atoms with E-state index < -0.39 is 17.9 Å². The van der Waals surface area contributed by atoms with Crippen LogP contribution in [0.25, 0.3) is 0 Å². The number of hydrogen-bond donors (Lipinski definition) is 3. The van der Waals surface area contributed by atoms with Gasteiger partial charge in [-0.2, -0.15) is 0 Å². The van der Waals surface area contributed by atoms with Crippen LogP contribution in [0.1, 0.15) is 44.9 Å². The summed E-state index contributed by atoms with van der Waals surface area (Å²) in [4.78, 5) is 29.5. The lowest BCUT2D eigenvalue weighted by Gasteiger charge is -2.04. The van der Waals surface area contributed by atoms with Gasteiger partial charge in [-0.15, -0.1) is 0 Å². The van der Waals surface area contributed by atoms with E-state index in [-0.39, 0.29) is 12.8 Å². The predicted octanol–water partition coefficient (Wildman–Crippen LogP) is 2.72. The second kappa shape index (κ2) is 11.9. The molecule has 0 amide bonds. The Bertz CT molecular complexity index is 301. The smallest absolute Gasteiger partial charge is 0.303 e. The van der Waals surface area contributed by atoms with Crippen LogP contribution in [0, 0.1) is 0 Å². The molecule has 0 aromatic rings. The summed E-state index contributed by atoms with van der Waals surface area (Å²) in [7, 11) is 3.92. The van der Waals surface area contributed by atoms with Crippen LogP contribution in [0.15, 0.2) is 0 Å². The number of unbranched alkanes of at least 4 members (excludes halogenated alkanes) is 1. The van der Waals surface area contributed by atoms with E-state index in [4.69, 9.17) is 15.3 Å². The third-order valence-corrected chi connectivity index (χ3v) is 5.45. The Hall–Kier alpha value is -0.890. The molecular formula is C12H20O6S2. The van der Waals surface area contributed by atoms with Gasteiger partial charge in [0.25, 0.3) is 0 Å². The number of carbonyl (C=O) groups is 3. The summed E-state index contributed by atoms with van der Waals surface area (Å²) in [5, 5.41) is 25.0. The molecule has 1 aliphatic rings. The Labute approximate surface area is 125 Å². The molecule has 1 fully saturated rings. The molecule has 1 heterocycles. The Morgan fingerprint density at radius 2 is 1.45 bits per heavy atom. The van der Waals surface area contributed by atoms with Crippen molar-refractivity contribution in [1.82, 2.24) is 0 Å². The van der Waals surface area contributed by atoms with E-state index in [0.29, 0.717) is 6.42 Å². The van der Waals surface area contributed by atoms with Crippen LogP contribution in [-0.2, 0) is 14.4 Å². The Morgan fingerprint density at radius 1 is 0.900 bits per heavy atom. The second-order valence-corrected chi connectivity index (χ2v) is 7.04. The van der Waals surface area contributed by atoms with Gasteiger partial charge in [-0.3, -0.25) is 14.4 Å². The van der Waals surface area contributed by atoms with E-state index in [0.717, 1.165) is 18.1 Å². The van der Waals surface area contributed by atoms with Gasteiger partial charge in [0.05, 0.1) is 12.8 Å². The quantitative estimate of drug-likeness (QED) is 0.461. The third kappa shape index (κ3) is 13.5. The van der Waals surface area contributed by atoms with E-state index in [1.165, 1.54) is 18.6 Å². The maximum absolute atomic E-state index is 10.2. The maximum atomic E-state index is 10.2. The van der Waals surface area contributed by atoms with Crippen LogP contribution < -0.4 is 0 Å². The van der Waals surface area contributed by atoms with E-state index in [9.17, 15) is 14.4 Å². The van der Waals surface area contributed by atoms with Crippen molar-refractivity contribution < 1.29 is 29.7 Å². The van der Waals surface area contributed by atoms with Gasteiger partial charge in [0, 0.05) is 17.4 Å². The molecule has 0 spiro atoms. The van der Waals surface area contributed by atoms with Crippen LogP contribution in [0.3, 0.4) is 0 Å². The minimum absolute atomic E-state index is 0.296. The maximum Gasteiger partial charge on any atom is 0.303 e. The fourth-order valence-corrected chi connectivity index (χ4v) is 4.45. The van der Waals surface area contributed by atoms with Gasteiger partial charge >= 0.3 is 17.9 Å². The molecular weight excluding hydrogens is 304 g/mol. The number of hydrogen-bond acceptors (Lipinski definition) is 5. The van der Waals surface area contributed by atoms with E-state index in [2.05, 4.69) is 0 Å². The first-order chi connectivity index (χ1) is 9.41. The lowest BCUT2D eigenvalue weighted by atomic mass is 10.1. The lowest BCUT2D eigenvalue weighted by Crippen LogP contribution is -2.00. The molecule has 0 radical (unpaired) electrons. The fourth-order valence-electron chi connectivity index (χ4n) is 1.43. The van der Waals surface area contributed by atoms with E-state index in [1.54, 1.807) is 0 Å². The van der Waals surface area contributed by atoms with Crippen molar-refractivity contribution in [3.63, 3.8) is 0 Å². The molecule has 0 aromatic heterocycles. The highest BCUT2D eigenvalue weighted by atomic mass is 33.1. The molecule has 1 aliphatic heterocycles. The molecule has 1 rings (SSSR count). The van der Waals surface area contributed by atoms with Gasteiger partial charge in [-0.1, -0.05) is 28.0 Å². The van der Waals surface area contributed by atoms with E-state index >= 15 is 0 Å². The van der Waals surface area contributed by atoms with Crippen LogP contribution in [0.2, 0.25) is 0 Å². The summed E-state index contributed by atoms with van der Waals surface area (Å²) in [5.74, 6) is -1.54. The van der Waals surface area contributed by atoms with Crippen molar-refractivity contribution in [2.45, 2.75) is 50.2 Å². The highest BCUT2D eigenvalue weighted by Crippen LogP contribution is 2.39. The number of carboxylic acids is 3. The first-order valence-corrected chi connectivity index (χ1v) is 8.73. The van der Waals surface area contributed by atoms with Crippen LogP contribution in [0.4, 0.5) is 0 Å². The average Bonchev–Trinajstić information content (AvgIpc) is 2.86. The normalized spacial score (nSPS) is 17.1. The topological polar surface area (TPSA) is 112 Å². The second-order valence-electron chi connectivity index (χ2n) is 4.26.